The molecule has 168 valence electrons. The van der Waals surface area contributed by atoms with Gasteiger partial charge in [0.15, 0.2) is 0 Å². The molecule has 0 unspecified atom stereocenters. The summed E-state index contributed by atoms with van der Waals surface area (Å²) in [6.07, 6.45) is 0. The maximum atomic E-state index is 13.0. The highest BCUT2D eigenvalue weighted by Gasteiger charge is 2.29. The lowest BCUT2D eigenvalue weighted by molar-refractivity contribution is -0.114. The first-order valence-corrected chi connectivity index (χ1v) is 11.3. The van der Waals surface area contributed by atoms with E-state index in [1.165, 1.54) is 14.1 Å². The lowest BCUT2D eigenvalue weighted by Crippen LogP contribution is -2.44. The van der Waals surface area contributed by atoms with Gasteiger partial charge >= 0.3 is 10.2 Å². The van der Waals surface area contributed by atoms with Crippen LogP contribution < -0.4 is 14.9 Å². The molecule has 9 heteroatoms. The molecule has 2 aromatic rings. The Morgan fingerprint density at radius 3 is 2.29 bits per heavy atom. The molecule has 0 saturated carbocycles. The van der Waals surface area contributed by atoms with Gasteiger partial charge in [0.05, 0.1) is 16.9 Å². The highest BCUT2D eigenvalue weighted by atomic mass is 32.2. The molecule has 0 aliphatic carbocycles. The van der Waals surface area contributed by atoms with Crippen molar-refractivity contribution in [3.63, 3.8) is 0 Å². The Bertz CT molecular complexity index is 1060. The van der Waals surface area contributed by atoms with E-state index in [9.17, 15) is 18.0 Å². The summed E-state index contributed by atoms with van der Waals surface area (Å²) >= 11 is 0. The van der Waals surface area contributed by atoms with E-state index >= 15 is 0 Å². The smallest absolute Gasteiger partial charge is 0.304 e. The van der Waals surface area contributed by atoms with Crippen LogP contribution in [-0.2, 0) is 15.0 Å². The number of rotatable bonds is 8. The van der Waals surface area contributed by atoms with E-state index in [1.807, 2.05) is 32.9 Å². The molecule has 0 saturated heterocycles. The van der Waals surface area contributed by atoms with E-state index in [0.29, 0.717) is 16.9 Å². The van der Waals surface area contributed by atoms with Crippen molar-refractivity contribution >= 4 is 33.4 Å². The minimum absolute atomic E-state index is 0.0683. The predicted molar refractivity (Wildman–Crippen MR) is 124 cm³/mol. The average molecular weight is 447 g/mol. The summed E-state index contributed by atoms with van der Waals surface area (Å²) < 4.78 is 28.1. The highest BCUT2D eigenvalue weighted by Crippen LogP contribution is 2.25. The molecule has 2 amide bonds. The van der Waals surface area contributed by atoms with E-state index in [0.717, 1.165) is 19.7 Å². The van der Waals surface area contributed by atoms with Gasteiger partial charge in [-0.15, -0.1) is 0 Å². The number of carbonyl (C=O) groups is 2. The van der Waals surface area contributed by atoms with E-state index in [2.05, 4.69) is 10.6 Å². The number of amides is 2. The number of nitrogens with one attached hydrogen (secondary N) is 2. The summed E-state index contributed by atoms with van der Waals surface area (Å²) in [4.78, 5) is 25.3. The molecule has 2 rings (SSSR count). The molecular formula is C22H30N4O4S. The number of hydrogen-bond acceptors (Lipinski definition) is 4. The Morgan fingerprint density at radius 2 is 1.68 bits per heavy atom. The normalized spacial score (nSPS) is 11.5. The van der Waals surface area contributed by atoms with Gasteiger partial charge in [-0.05, 0) is 57.0 Å². The molecule has 31 heavy (non-hydrogen) atoms. The number of para-hydroxylation sites is 1. The summed E-state index contributed by atoms with van der Waals surface area (Å²) in [5, 5.41) is 5.47. The number of hydrogen-bond donors (Lipinski definition) is 2. The molecule has 0 fully saturated rings. The minimum atomic E-state index is -3.93. The van der Waals surface area contributed by atoms with Crippen LogP contribution in [0.25, 0.3) is 0 Å². The van der Waals surface area contributed by atoms with Crippen LogP contribution in [0.5, 0.6) is 0 Å². The van der Waals surface area contributed by atoms with Gasteiger partial charge in [-0.1, -0.05) is 24.3 Å². The molecule has 0 atom stereocenters. The van der Waals surface area contributed by atoms with E-state index in [-0.39, 0.29) is 11.9 Å². The largest absolute Gasteiger partial charge is 0.350 e. The SMILES string of the molecule is Cc1ccc(C)c(N(CC(=O)Nc2ccccc2C(=O)NC(C)C)S(=O)(=O)N(C)C)c1. The molecule has 0 bridgehead atoms. The maximum absolute atomic E-state index is 13.0. The van der Waals surface area contributed by atoms with Crippen LogP contribution >= 0.6 is 0 Å². The Hall–Kier alpha value is -2.91. The van der Waals surface area contributed by atoms with Gasteiger partial charge in [-0.3, -0.25) is 9.59 Å². The number of benzene rings is 2. The zero-order chi connectivity index (χ0) is 23.3. The maximum Gasteiger partial charge on any atom is 0.304 e. The van der Waals surface area contributed by atoms with Crippen molar-refractivity contribution in [1.82, 2.24) is 9.62 Å². The molecule has 8 nitrogen and oxygen atoms in total. The van der Waals surface area contributed by atoms with E-state index < -0.39 is 22.7 Å². The van der Waals surface area contributed by atoms with Crippen LogP contribution in [0.1, 0.15) is 35.3 Å². The Morgan fingerprint density at radius 1 is 1.03 bits per heavy atom. The van der Waals surface area contributed by atoms with Crippen LogP contribution in [0, 0.1) is 13.8 Å². The molecule has 2 N–H and O–H groups in total. The zero-order valence-corrected chi connectivity index (χ0v) is 19.6. The fourth-order valence-electron chi connectivity index (χ4n) is 2.93. The second-order valence-corrected chi connectivity index (χ2v) is 9.88. The van der Waals surface area contributed by atoms with Crippen molar-refractivity contribution in [1.29, 1.82) is 0 Å². The van der Waals surface area contributed by atoms with Crippen molar-refractivity contribution in [2.75, 3.05) is 30.3 Å². The fourth-order valence-corrected chi connectivity index (χ4v) is 4.05. The van der Waals surface area contributed by atoms with Gasteiger partial charge in [-0.2, -0.15) is 12.7 Å². The number of anilines is 2. The molecule has 0 aromatic heterocycles. The third-order valence-electron chi connectivity index (χ3n) is 4.53. The van der Waals surface area contributed by atoms with Crippen LogP contribution in [0.15, 0.2) is 42.5 Å². The van der Waals surface area contributed by atoms with Gasteiger partial charge in [0, 0.05) is 20.1 Å². The van der Waals surface area contributed by atoms with Crippen molar-refractivity contribution in [3.8, 4) is 0 Å². The standard InChI is InChI=1S/C22H30N4O4S/c1-15(2)23-22(28)18-9-7-8-10-19(18)24-21(27)14-26(31(29,30)25(5)6)20-13-16(3)11-12-17(20)4/h7-13,15H,14H2,1-6H3,(H,23,28)(H,24,27). The quantitative estimate of drug-likeness (QED) is 0.651. The number of carbonyl (C=O) groups excluding carboxylic acids is 2. The predicted octanol–water partition coefficient (Wildman–Crippen LogP) is 2.69. The van der Waals surface area contributed by atoms with Crippen LogP contribution in [0.4, 0.5) is 11.4 Å². The Labute approximate surface area is 184 Å². The van der Waals surface area contributed by atoms with Gasteiger partial charge in [0.1, 0.15) is 6.54 Å². The second-order valence-electron chi connectivity index (χ2n) is 7.81. The molecule has 0 aliphatic rings. The topological polar surface area (TPSA) is 98.8 Å². The monoisotopic (exact) mass is 446 g/mol. The van der Waals surface area contributed by atoms with Crippen molar-refractivity contribution in [2.24, 2.45) is 0 Å². The lowest BCUT2D eigenvalue weighted by Gasteiger charge is -2.28. The van der Waals surface area contributed by atoms with Gasteiger partial charge in [-0.25, -0.2) is 4.31 Å². The third kappa shape index (κ3) is 6.05. The van der Waals surface area contributed by atoms with Gasteiger partial charge in [0.2, 0.25) is 5.91 Å². The zero-order valence-electron chi connectivity index (χ0n) is 18.8. The van der Waals surface area contributed by atoms with Crippen LogP contribution in [-0.4, -0.2) is 51.2 Å². The third-order valence-corrected chi connectivity index (χ3v) is 6.33. The molecule has 2 aromatic carbocycles. The van der Waals surface area contributed by atoms with Crippen molar-refractivity contribution in [2.45, 2.75) is 33.7 Å². The molecule has 0 radical (unpaired) electrons. The fraction of sp³-hybridized carbons (Fsp3) is 0.364. The van der Waals surface area contributed by atoms with Gasteiger partial charge in [0.25, 0.3) is 5.91 Å². The summed E-state index contributed by atoms with van der Waals surface area (Å²) in [5.74, 6) is -0.880. The summed E-state index contributed by atoms with van der Waals surface area (Å²) in [6.45, 7) is 6.88. The Kier molecular flexibility index (Phi) is 7.80. The number of nitrogens with zero attached hydrogens (tertiary/aromatic N) is 2. The van der Waals surface area contributed by atoms with E-state index in [4.69, 9.17) is 0 Å². The highest BCUT2D eigenvalue weighted by molar-refractivity contribution is 7.90. The Balaban J connectivity index is 2.37. The summed E-state index contributed by atoms with van der Waals surface area (Å²) in [6, 6.07) is 12.0. The first kappa shape index (κ1) is 24.4. The number of aryl methyl sites for hydroxylation is 2. The van der Waals surface area contributed by atoms with Crippen LogP contribution in [0.3, 0.4) is 0 Å². The first-order chi connectivity index (χ1) is 14.4. The van der Waals surface area contributed by atoms with E-state index in [1.54, 1.807) is 37.3 Å². The molecular weight excluding hydrogens is 416 g/mol. The minimum Gasteiger partial charge on any atom is -0.350 e. The van der Waals surface area contributed by atoms with Crippen LogP contribution in [0.2, 0.25) is 0 Å². The second kappa shape index (κ2) is 9.93. The van der Waals surface area contributed by atoms with Gasteiger partial charge < -0.3 is 10.6 Å². The lowest BCUT2D eigenvalue weighted by atomic mass is 10.1. The molecule has 0 aliphatic heterocycles. The summed E-state index contributed by atoms with van der Waals surface area (Å²) in [7, 11) is -1.11. The van der Waals surface area contributed by atoms with Crippen molar-refractivity contribution in [3.05, 3.63) is 59.2 Å². The first-order valence-electron chi connectivity index (χ1n) is 9.90. The average Bonchev–Trinajstić information content (AvgIpc) is 2.67. The molecule has 0 spiro atoms. The summed E-state index contributed by atoms with van der Waals surface area (Å²) in [5.41, 5.74) is 2.64. The molecule has 0 heterocycles. The van der Waals surface area contributed by atoms with Crippen molar-refractivity contribution < 1.29 is 18.0 Å².